The van der Waals surface area contributed by atoms with Crippen LogP contribution in [-0.4, -0.2) is 31.8 Å². The predicted molar refractivity (Wildman–Crippen MR) is 104 cm³/mol. The van der Waals surface area contributed by atoms with Gasteiger partial charge in [0.25, 0.3) is 0 Å². The van der Waals surface area contributed by atoms with Crippen LogP contribution in [-0.2, 0) is 10.2 Å². The van der Waals surface area contributed by atoms with E-state index in [2.05, 4.69) is 46.3 Å². The fourth-order valence-electron chi connectivity index (χ4n) is 2.33. The Morgan fingerprint density at radius 2 is 1.81 bits per heavy atom. The smallest absolute Gasteiger partial charge is 0.234 e. The number of thioether (sulfide) groups is 1. The van der Waals surface area contributed by atoms with Crippen LogP contribution in [0.4, 0.5) is 5.69 Å². The third-order valence-corrected chi connectivity index (χ3v) is 4.63. The van der Waals surface area contributed by atoms with Gasteiger partial charge in [-0.2, -0.15) is 0 Å². The Hall–Kier alpha value is -2.67. The molecule has 0 spiro atoms. The molecule has 2 heterocycles. The molecule has 0 aliphatic carbocycles. The lowest BCUT2D eigenvalue weighted by atomic mass is 9.87. The highest BCUT2D eigenvalue weighted by Gasteiger charge is 2.13. The first-order valence-electron chi connectivity index (χ1n) is 8.28. The molecule has 1 amide bonds. The fraction of sp³-hybridized carbons (Fsp3) is 0.263. The van der Waals surface area contributed by atoms with Crippen LogP contribution in [0.2, 0.25) is 0 Å². The maximum Gasteiger partial charge on any atom is 0.234 e. The largest absolute Gasteiger partial charge is 0.325 e. The molecule has 1 aromatic carbocycles. The van der Waals surface area contributed by atoms with Gasteiger partial charge in [0.2, 0.25) is 11.1 Å². The van der Waals surface area contributed by atoms with Crippen molar-refractivity contribution in [3.05, 3.63) is 54.4 Å². The molecule has 0 aliphatic heterocycles. The van der Waals surface area contributed by atoms with E-state index >= 15 is 0 Å². The van der Waals surface area contributed by atoms with E-state index in [4.69, 9.17) is 0 Å². The Kier molecular flexibility index (Phi) is 5.37. The van der Waals surface area contributed by atoms with Gasteiger partial charge in [-0.25, -0.2) is 4.98 Å². The number of aromatic amines is 1. The molecule has 3 aromatic rings. The molecular formula is C19H21N5OS. The number of amides is 1. The summed E-state index contributed by atoms with van der Waals surface area (Å²) in [4.78, 5) is 20.5. The van der Waals surface area contributed by atoms with E-state index in [1.807, 2.05) is 36.4 Å². The van der Waals surface area contributed by atoms with Gasteiger partial charge in [-0.05, 0) is 35.2 Å². The standard InChI is InChI=1S/C19H21N5OS/c1-19(2,3)14-4-6-15(7-5-14)21-16(25)12-26-18-22-17(23-24-18)13-8-10-20-11-9-13/h4-11H,12H2,1-3H3,(H,21,25)(H,22,23,24). The summed E-state index contributed by atoms with van der Waals surface area (Å²) >= 11 is 1.29. The zero-order valence-corrected chi connectivity index (χ0v) is 15.8. The van der Waals surface area contributed by atoms with E-state index in [0.717, 1.165) is 11.3 Å². The van der Waals surface area contributed by atoms with Gasteiger partial charge in [-0.1, -0.05) is 44.7 Å². The lowest BCUT2D eigenvalue weighted by molar-refractivity contribution is -0.113. The van der Waals surface area contributed by atoms with Crippen LogP contribution in [0.5, 0.6) is 0 Å². The number of carbonyl (C=O) groups excluding carboxylic acids is 1. The minimum Gasteiger partial charge on any atom is -0.325 e. The van der Waals surface area contributed by atoms with Crippen LogP contribution in [0.25, 0.3) is 11.4 Å². The van der Waals surface area contributed by atoms with Crippen molar-refractivity contribution in [1.29, 1.82) is 0 Å². The van der Waals surface area contributed by atoms with Crippen molar-refractivity contribution in [2.75, 3.05) is 11.1 Å². The molecule has 134 valence electrons. The number of hydrogen-bond donors (Lipinski definition) is 2. The number of benzene rings is 1. The van der Waals surface area contributed by atoms with Crippen molar-refractivity contribution in [1.82, 2.24) is 20.2 Å². The number of anilines is 1. The summed E-state index contributed by atoms with van der Waals surface area (Å²) in [6, 6.07) is 11.6. The van der Waals surface area contributed by atoms with E-state index in [0.29, 0.717) is 11.0 Å². The molecule has 3 rings (SSSR count). The number of pyridine rings is 1. The van der Waals surface area contributed by atoms with Crippen LogP contribution < -0.4 is 5.32 Å². The average Bonchev–Trinajstić information content (AvgIpc) is 3.09. The van der Waals surface area contributed by atoms with Gasteiger partial charge < -0.3 is 5.32 Å². The highest BCUT2D eigenvalue weighted by molar-refractivity contribution is 7.99. The summed E-state index contributed by atoms with van der Waals surface area (Å²) in [5.74, 6) is 0.816. The molecule has 7 heteroatoms. The minimum atomic E-state index is -0.0891. The average molecular weight is 367 g/mol. The number of carbonyl (C=O) groups is 1. The third kappa shape index (κ3) is 4.70. The molecule has 0 saturated carbocycles. The summed E-state index contributed by atoms with van der Waals surface area (Å²) in [6.07, 6.45) is 3.39. The summed E-state index contributed by atoms with van der Waals surface area (Å²) in [6.45, 7) is 6.48. The van der Waals surface area contributed by atoms with Crippen molar-refractivity contribution in [3.8, 4) is 11.4 Å². The first-order valence-corrected chi connectivity index (χ1v) is 9.26. The van der Waals surface area contributed by atoms with Crippen LogP contribution in [0.1, 0.15) is 26.3 Å². The van der Waals surface area contributed by atoms with Crippen LogP contribution in [0.15, 0.2) is 53.9 Å². The number of nitrogens with one attached hydrogen (secondary N) is 2. The molecule has 6 nitrogen and oxygen atoms in total. The second-order valence-corrected chi connectivity index (χ2v) is 7.81. The van der Waals surface area contributed by atoms with Crippen LogP contribution in [0.3, 0.4) is 0 Å². The maximum atomic E-state index is 12.1. The van der Waals surface area contributed by atoms with Crippen molar-refractivity contribution >= 4 is 23.4 Å². The van der Waals surface area contributed by atoms with Crippen molar-refractivity contribution in [2.24, 2.45) is 0 Å². The molecule has 0 radical (unpaired) electrons. The van der Waals surface area contributed by atoms with Gasteiger partial charge in [-0.15, -0.1) is 5.10 Å². The number of hydrogen-bond acceptors (Lipinski definition) is 5. The highest BCUT2D eigenvalue weighted by atomic mass is 32.2. The summed E-state index contributed by atoms with van der Waals surface area (Å²) in [5.41, 5.74) is 3.02. The zero-order chi connectivity index (χ0) is 18.6. The summed E-state index contributed by atoms with van der Waals surface area (Å²) in [5, 5.41) is 10.4. The van der Waals surface area contributed by atoms with Gasteiger partial charge in [0.15, 0.2) is 5.82 Å². The van der Waals surface area contributed by atoms with E-state index in [1.54, 1.807) is 12.4 Å². The Morgan fingerprint density at radius 3 is 2.46 bits per heavy atom. The van der Waals surface area contributed by atoms with Crippen molar-refractivity contribution in [2.45, 2.75) is 31.3 Å². The molecule has 26 heavy (non-hydrogen) atoms. The number of rotatable bonds is 5. The minimum absolute atomic E-state index is 0.0891. The molecule has 0 atom stereocenters. The maximum absolute atomic E-state index is 12.1. The molecule has 0 saturated heterocycles. The third-order valence-electron chi connectivity index (χ3n) is 3.79. The van der Waals surface area contributed by atoms with Gasteiger partial charge in [0, 0.05) is 23.6 Å². The number of nitrogens with zero attached hydrogens (tertiary/aromatic N) is 3. The van der Waals surface area contributed by atoms with Gasteiger partial charge >= 0.3 is 0 Å². The molecule has 2 N–H and O–H groups in total. The lowest BCUT2D eigenvalue weighted by Crippen LogP contribution is -2.15. The van der Waals surface area contributed by atoms with E-state index < -0.39 is 0 Å². The number of aromatic nitrogens is 4. The van der Waals surface area contributed by atoms with Crippen molar-refractivity contribution in [3.63, 3.8) is 0 Å². The Balaban J connectivity index is 1.54. The van der Waals surface area contributed by atoms with E-state index in [-0.39, 0.29) is 17.1 Å². The second-order valence-electron chi connectivity index (χ2n) is 6.87. The number of H-pyrrole nitrogens is 1. The molecule has 0 aliphatic rings. The fourth-order valence-corrected chi connectivity index (χ4v) is 2.93. The zero-order valence-electron chi connectivity index (χ0n) is 15.0. The van der Waals surface area contributed by atoms with E-state index in [1.165, 1.54) is 17.3 Å². The van der Waals surface area contributed by atoms with Crippen LogP contribution >= 0.6 is 11.8 Å². The van der Waals surface area contributed by atoms with Gasteiger partial charge in [0.05, 0.1) is 5.75 Å². The molecule has 0 unspecified atom stereocenters. The lowest BCUT2D eigenvalue weighted by Gasteiger charge is -2.19. The second kappa shape index (κ2) is 7.70. The van der Waals surface area contributed by atoms with E-state index in [9.17, 15) is 4.79 Å². The van der Waals surface area contributed by atoms with Crippen molar-refractivity contribution < 1.29 is 4.79 Å². The Labute approximate surface area is 156 Å². The summed E-state index contributed by atoms with van der Waals surface area (Å²) in [7, 11) is 0. The Bertz CT molecular complexity index is 869. The molecular weight excluding hydrogens is 346 g/mol. The molecule has 2 aromatic heterocycles. The SMILES string of the molecule is CC(C)(C)c1ccc(NC(=O)CSc2n[nH]c(-c3ccncc3)n2)cc1. The highest BCUT2D eigenvalue weighted by Crippen LogP contribution is 2.24. The predicted octanol–water partition coefficient (Wildman–Crippen LogP) is 3.90. The molecule has 0 fully saturated rings. The first-order chi connectivity index (χ1) is 12.4. The van der Waals surface area contributed by atoms with Crippen LogP contribution in [0, 0.1) is 0 Å². The quantitative estimate of drug-likeness (QED) is 0.668. The normalized spacial score (nSPS) is 11.3. The summed E-state index contributed by atoms with van der Waals surface area (Å²) < 4.78 is 0. The monoisotopic (exact) mass is 367 g/mol. The first kappa shape index (κ1) is 18.1. The Morgan fingerprint density at radius 1 is 1.12 bits per heavy atom. The van der Waals surface area contributed by atoms with Gasteiger partial charge in [-0.3, -0.25) is 14.9 Å². The topological polar surface area (TPSA) is 83.6 Å². The van der Waals surface area contributed by atoms with Gasteiger partial charge in [0.1, 0.15) is 0 Å². The molecule has 0 bridgehead atoms.